The van der Waals surface area contributed by atoms with Gasteiger partial charge in [0.1, 0.15) is 0 Å². The fraction of sp³-hybridized carbons (Fsp3) is 0.385. The average Bonchev–Trinajstić information content (AvgIpc) is 2.98. The standard InChI is InChI=1S/C13H12ClNO2/c14-10-6-11-8(5-13(17)15-11)4-9(10)12(16)3-7-1-2-7/h4,6-7H,1-3,5H2,(H,15,17). The van der Waals surface area contributed by atoms with Crippen LogP contribution in [0.3, 0.4) is 0 Å². The van der Waals surface area contributed by atoms with Crippen LogP contribution in [0.15, 0.2) is 12.1 Å². The Morgan fingerprint density at radius 1 is 1.41 bits per heavy atom. The lowest BCUT2D eigenvalue weighted by Crippen LogP contribution is -2.03. The molecule has 1 saturated carbocycles. The van der Waals surface area contributed by atoms with Gasteiger partial charge in [-0.2, -0.15) is 0 Å². The molecule has 1 fully saturated rings. The van der Waals surface area contributed by atoms with E-state index in [1.54, 1.807) is 12.1 Å². The molecule has 1 aliphatic carbocycles. The zero-order chi connectivity index (χ0) is 12.0. The van der Waals surface area contributed by atoms with Crippen LogP contribution in [-0.4, -0.2) is 11.7 Å². The number of carbonyl (C=O) groups is 2. The number of fused-ring (bicyclic) bond motifs is 1. The third-order valence-corrected chi connectivity index (χ3v) is 3.60. The molecule has 0 atom stereocenters. The molecule has 3 rings (SSSR count). The molecule has 1 N–H and O–H groups in total. The van der Waals surface area contributed by atoms with Gasteiger partial charge < -0.3 is 5.32 Å². The van der Waals surface area contributed by atoms with Crippen molar-refractivity contribution in [2.24, 2.45) is 5.92 Å². The van der Waals surface area contributed by atoms with Gasteiger partial charge in [0.2, 0.25) is 5.91 Å². The maximum Gasteiger partial charge on any atom is 0.228 e. The van der Waals surface area contributed by atoms with Crippen LogP contribution in [0, 0.1) is 5.92 Å². The summed E-state index contributed by atoms with van der Waals surface area (Å²) in [6, 6.07) is 3.45. The molecule has 0 saturated heterocycles. The number of anilines is 1. The zero-order valence-electron chi connectivity index (χ0n) is 9.25. The fourth-order valence-electron chi connectivity index (χ4n) is 2.16. The summed E-state index contributed by atoms with van der Waals surface area (Å²) < 4.78 is 0. The lowest BCUT2D eigenvalue weighted by atomic mass is 10.0. The molecule has 17 heavy (non-hydrogen) atoms. The van der Waals surface area contributed by atoms with Gasteiger partial charge in [-0.1, -0.05) is 11.6 Å². The van der Waals surface area contributed by atoms with Crippen molar-refractivity contribution in [1.82, 2.24) is 0 Å². The van der Waals surface area contributed by atoms with Gasteiger partial charge in [0.25, 0.3) is 0 Å². The maximum atomic E-state index is 12.0. The van der Waals surface area contributed by atoms with Gasteiger partial charge in [-0.3, -0.25) is 9.59 Å². The molecule has 1 aromatic carbocycles. The minimum atomic E-state index is -0.0390. The van der Waals surface area contributed by atoms with Gasteiger partial charge in [-0.05, 0) is 36.5 Å². The summed E-state index contributed by atoms with van der Waals surface area (Å²) in [7, 11) is 0. The van der Waals surface area contributed by atoms with Crippen molar-refractivity contribution in [3.8, 4) is 0 Å². The molecular weight excluding hydrogens is 238 g/mol. The van der Waals surface area contributed by atoms with E-state index in [4.69, 9.17) is 11.6 Å². The van der Waals surface area contributed by atoms with Crippen LogP contribution < -0.4 is 5.32 Å². The van der Waals surface area contributed by atoms with E-state index in [1.165, 1.54) is 0 Å². The lowest BCUT2D eigenvalue weighted by molar-refractivity contribution is -0.115. The lowest BCUT2D eigenvalue weighted by Gasteiger charge is -2.06. The van der Waals surface area contributed by atoms with Crippen molar-refractivity contribution >= 4 is 29.0 Å². The first-order valence-corrected chi connectivity index (χ1v) is 6.17. The Bertz CT molecular complexity index is 520. The summed E-state index contributed by atoms with van der Waals surface area (Å²) in [4.78, 5) is 23.2. The van der Waals surface area contributed by atoms with Crippen LogP contribution in [0.2, 0.25) is 5.02 Å². The highest BCUT2D eigenvalue weighted by atomic mass is 35.5. The first-order valence-electron chi connectivity index (χ1n) is 5.79. The van der Waals surface area contributed by atoms with Crippen LogP contribution in [-0.2, 0) is 11.2 Å². The molecule has 4 heteroatoms. The SMILES string of the molecule is O=C1Cc2cc(C(=O)CC3CC3)c(Cl)cc2N1. The summed E-state index contributed by atoms with van der Waals surface area (Å²) in [5.41, 5.74) is 2.18. The highest BCUT2D eigenvalue weighted by molar-refractivity contribution is 6.34. The largest absolute Gasteiger partial charge is 0.325 e. The van der Waals surface area contributed by atoms with E-state index in [9.17, 15) is 9.59 Å². The molecule has 1 aromatic rings. The van der Waals surface area contributed by atoms with Crippen LogP contribution >= 0.6 is 11.6 Å². The molecule has 1 amide bonds. The number of nitrogens with one attached hydrogen (secondary N) is 1. The highest BCUT2D eigenvalue weighted by Gasteiger charge is 2.27. The Labute approximate surface area is 104 Å². The van der Waals surface area contributed by atoms with E-state index >= 15 is 0 Å². The number of benzene rings is 1. The Balaban J connectivity index is 1.91. The molecule has 88 valence electrons. The van der Waals surface area contributed by atoms with Crippen LogP contribution in [0.1, 0.15) is 35.2 Å². The van der Waals surface area contributed by atoms with Gasteiger partial charge in [-0.15, -0.1) is 0 Å². The Hall–Kier alpha value is -1.35. The monoisotopic (exact) mass is 249 g/mol. The first-order chi connectivity index (χ1) is 8.13. The summed E-state index contributed by atoms with van der Waals surface area (Å²) in [6.07, 6.45) is 3.22. The Morgan fingerprint density at radius 3 is 2.88 bits per heavy atom. The van der Waals surface area contributed by atoms with Crippen LogP contribution in [0.25, 0.3) is 0 Å². The number of Topliss-reactive ketones (excluding diaryl/α,β-unsaturated/α-hetero) is 1. The van der Waals surface area contributed by atoms with Gasteiger partial charge >= 0.3 is 0 Å². The van der Waals surface area contributed by atoms with Crippen molar-refractivity contribution in [3.05, 3.63) is 28.3 Å². The fourth-order valence-corrected chi connectivity index (χ4v) is 2.42. The van der Waals surface area contributed by atoms with Gasteiger partial charge in [0, 0.05) is 17.7 Å². The van der Waals surface area contributed by atoms with E-state index in [1.807, 2.05) is 0 Å². The van der Waals surface area contributed by atoms with Gasteiger partial charge in [0.15, 0.2) is 5.78 Å². The molecule has 0 aromatic heterocycles. The number of ketones is 1. The molecule has 1 heterocycles. The van der Waals surface area contributed by atoms with Crippen molar-refractivity contribution in [1.29, 1.82) is 0 Å². The van der Waals surface area contributed by atoms with Crippen LogP contribution in [0.5, 0.6) is 0 Å². The number of hydrogen-bond donors (Lipinski definition) is 1. The second-order valence-electron chi connectivity index (χ2n) is 4.78. The smallest absolute Gasteiger partial charge is 0.228 e. The molecule has 0 bridgehead atoms. The van der Waals surface area contributed by atoms with Gasteiger partial charge in [-0.25, -0.2) is 0 Å². The number of rotatable bonds is 3. The predicted octanol–water partition coefficient (Wildman–Crippen LogP) is 2.82. The maximum absolute atomic E-state index is 12.0. The van der Waals surface area contributed by atoms with Crippen LogP contribution in [0.4, 0.5) is 5.69 Å². The quantitative estimate of drug-likeness (QED) is 0.838. The molecule has 2 aliphatic rings. The summed E-state index contributed by atoms with van der Waals surface area (Å²) in [5, 5.41) is 3.16. The number of carbonyl (C=O) groups excluding carboxylic acids is 2. The Kier molecular flexibility index (Phi) is 2.44. The molecule has 0 radical (unpaired) electrons. The second kappa shape index (κ2) is 3.84. The third-order valence-electron chi connectivity index (χ3n) is 3.29. The van der Waals surface area contributed by atoms with Crippen molar-refractivity contribution < 1.29 is 9.59 Å². The topological polar surface area (TPSA) is 46.2 Å². The number of hydrogen-bond acceptors (Lipinski definition) is 2. The third kappa shape index (κ3) is 2.07. The first kappa shape index (κ1) is 10.8. The summed E-state index contributed by atoms with van der Waals surface area (Å²) in [5.74, 6) is 0.606. The molecule has 1 aliphatic heterocycles. The predicted molar refractivity (Wildman–Crippen MR) is 65.5 cm³/mol. The van der Waals surface area contributed by atoms with Crippen molar-refractivity contribution in [2.75, 3.05) is 5.32 Å². The van der Waals surface area contributed by atoms with Crippen molar-refractivity contribution in [3.63, 3.8) is 0 Å². The zero-order valence-corrected chi connectivity index (χ0v) is 10.0. The van der Waals surface area contributed by atoms with E-state index in [0.717, 1.165) is 24.1 Å². The molecule has 3 nitrogen and oxygen atoms in total. The number of halogens is 1. The summed E-state index contributed by atoms with van der Waals surface area (Å²) in [6.45, 7) is 0. The second-order valence-corrected chi connectivity index (χ2v) is 5.19. The minimum absolute atomic E-state index is 0.0390. The van der Waals surface area contributed by atoms with E-state index in [2.05, 4.69) is 5.32 Å². The minimum Gasteiger partial charge on any atom is -0.325 e. The van der Waals surface area contributed by atoms with E-state index in [-0.39, 0.29) is 11.7 Å². The summed E-state index contributed by atoms with van der Waals surface area (Å²) >= 11 is 6.08. The molecular formula is C13H12ClNO2. The molecule has 0 spiro atoms. The Morgan fingerprint density at radius 2 is 2.18 bits per heavy atom. The van der Waals surface area contributed by atoms with Crippen molar-refractivity contribution in [2.45, 2.75) is 25.7 Å². The van der Waals surface area contributed by atoms with Gasteiger partial charge in [0.05, 0.1) is 11.4 Å². The average molecular weight is 250 g/mol. The molecule has 0 unspecified atom stereocenters. The van der Waals surface area contributed by atoms with E-state index in [0.29, 0.717) is 29.3 Å². The highest BCUT2D eigenvalue weighted by Crippen LogP contribution is 2.36. The van der Waals surface area contributed by atoms with E-state index < -0.39 is 0 Å². The normalized spacial score (nSPS) is 17.8. The number of amides is 1.